The topological polar surface area (TPSA) is 0 Å². The lowest BCUT2D eigenvalue weighted by molar-refractivity contribution is 0.230. The van der Waals surface area contributed by atoms with Gasteiger partial charge >= 0.3 is 0 Å². The maximum Gasteiger partial charge on any atom is 0.0256 e. The lowest BCUT2D eigenvalue weighted by atomic mass is 9.72. The highest BCUT2D eigenvalue weighted by Crippen LogP contribution is 2.68. The molecule has 2 heteroatoms. The van der Waals surface area contributed by atoms with Gasteiger partial charge in [-0.1, -0.05) is 19.3 Å². The van der Waals surface area contributed by atoms with Crippen LogP contribution >= 0.6 is 23.5 Å². The average molecular weight is 268 g/mol. The van der Waals surface area contributed by atoms with Crippen LogP contribution in [-0.2, 0) is 0 Å². The number of rotatable bonds is 1. The Morgan fingerprint density at radius 3 is 2.71 bits per heavy atom. The van der Waals surface area contributed by atoms with Gasteiger partial charge in [-0.3, -0.25) is 0 Å². The maximum absolute atomic E-state index is 2.54. The van der Waals surface area contributed by atoms with Crippen LogP contribution in [0.25, 0.3) is 0 Å². The van der Waals surface area contributed by atoms with Crippen LogP contribution < -0.4 is 0 Å². The molecule has 2 saturated heterocycles. The Hall–Kier alpha value is 0.700. The van der Waals surface area contributed by atoms with E-state index in [2.05, 4.69) is 37.4 Å². The second kappa shape index (κ2) is 3.62. The van der Waals surface area contributed by atoms with Crippen LogP contribution in [0.4, 0.5) is 0 Å². The van der Waals surface area contributed by atoms with Crippen LogP contribution in [0.3, 0.4) is 0 Å². The molecule has 2 heterocycles. The lowest BCUT2D eigenvalue weighted by Crippen LogP contribution is -2.31. The Morgan fingerprint density at radius 2 is 1.82 bits per heavy atom. The largest absolute Gasteiger partial charge is 0.149 e. The van der Waals surface area contributed by atoms with Crippen molar-refractivity contribution in [3.8, 4) is 0 Å². The summed E-state index contributed by atoms with van der Waals surface area (Å²) in [5.74, 6) is 2.15. The monoisotopic (exact) mass is 268 g/mol. The second-order valence-electron chi connectivity index (χ2n) is 7.22. The molecule has 0 aromatic heterocycles. The molecule has 4 fully saturated rings. The van der Waals surface area contributed by atoms with E-state index in [1.165, 1.54) is 25.7 Å². The number of thioether (sulfide) groups is 2. The summed E-state index contributed by atoms with van der Waals surface area (Å²) in [4.78, 5) is 0. The zero-order valence-electron chi connectivity index (χ0n) is 11.1. The number of fused-ring (bicyclic) bond motifs is 2. The average Bonchev–Trinajstić information content (AvgIpc) is 3.10. The van der Waals surface area contributed by atoms with E-state index in [4.69, 9.17) is 0 Å². The molecule has 0 nitrogen and oxygen atoms in total. The minimum atomic E-state index is 0.703. The van der Waals surface area contributed by atoms with Gasteiger partial charge in [-0.25, -0.2) is 0 Å². The molecule has 2 aliphatic carbocycles. The van der Waals surface area contributed by atoms with E-state index in [1.807, 2.05) is 0 Å². The Balaban J connectivity index is 1.50. The Bertz CT molecular complexity index is 342. The first-order valence-electron chi connectivity index (χ1n) is 7.46. The maximum atomic E-state index is 2.54. The predicted molar refractivity (Wildman–Crippen MR) is 78.9 cm³/mol. The van der Waals surface area contributed by atoms with Gasteiger partial charge in [0.2, 0.25) is 0 Å². The fourth-order valence-corrected chi connectivity index (χ4v) is 7.70. The van der Waals surface area contributed by atoms with E-state index in [9.17, 15) is 0 Å². The molecule has 0 amide bonds. The quantitative estimate of drug-likeness (QED) is 0.631. The zero-order chi connectivity index (χ0) is 11.7. The van der Waals surface area contributed by atoms with Crippen LogP contribution in [0.2, 0.25) is 0 Å². The highest BCUT2D eigenvalue weighted by molar-refractivity contribution is 8.09. The minimum Gasteiger partial charge on any atom is -0.149 e. The van der Waals surface area contributed by atoms with Crippen molar-refractivity contribution in [3.63, 3.8) is 0 Å². The fourth-order valence-electron chi connectivity index (χ4n) is 4.71. The minimum absolute atomic E-state index is 0.703. The predicted octanol–water partition coefficient (Wildman–Crippen LogP) is 4.72. The molecule has 0 radical (unpaired) electrons. The van der Waals surface area contributed by atoms with Gasteiger partial charge in [0.05, 0.1) is 0 Å². The molecule has 4 aliphatic rings. The third-order valence-corrected chi connectivity index (χ3v) is 9.53. The second-order valence-corrected chi connectivity index (χ2v) is 10.6. The van der Waals surface area contributed by atoms with Crippen molar-refractivity contribution in [2.75, 3.05) is 0 Å². The van der Waals surface area contributed by atoms with Crippen molar-refractivity contribution in [1.29, 1.82) is 0 Å². The normalized spacial score (nSPS) is 61.1. The number of hydrogen-bond donors (Lipinski definition) is 0. The molecule has 6 unspecified atom stereocenters. The van der Waals surface area contributed by atoms with Crippen molar-refractivity contribution in [2.45, 2.75) is 78.8 Å². The summed E-state index contributed by atoms with van der Waals surface area (Å²) >= 11 is 4.61. The summed E-state index contributed by atoms with van der Waals surface area (Å²) in [6.07, 6.45) is 10.7. The molecule has 2 aliphatic heterocycles. The van der Waals surface area contributed by atoms with Crippen molar-refractivity contribution >= 4 is 23.5 Å². The van der Waals surface area contributed by atoms with E-state index in [0.717, 1.165) is 22.3 Å². The molecule has 96 valence electrons. The molecule has 0 N–H and O–H groups in total. The highest BCUT2D eigenvalue weighted by Gasteiger charge is 2.60. The summed E-state index contributed by atoms with van der Waals surface area (Å²) < 4.78 is 1.42. The van der Waals surface area contributed by atoms with Crippen LogP contribution in [0.15, 0.2) is 0 Å². The van der Waals surface area contributed by atoms with E-state index in [-0.39, 0.29) is 0 Å². The molecule has 0 aromatic carbocycles. The van der Waals surface area contributed by atoms with Crippen molar-refractivity contribution in [1.82, 2.24) is 0 Å². The van der Waals surface area contributed by atoms with Gasteiger partial charge in [0, 0.05) is 20.0 Å². The first-order valence-corrected chi connectivity index (χ1v) is 9.22. The Kier molecular flexibility index (Phi) is 2.46. The van der Waals surface area contributed by atoms with Gasteiger partial charge in [-0.05, 0) is 51.4 Å². The van der Waals surface area contributed by atoms with Gasteiger partial charge in [0.25, 0.3) is 0 Å². The van der Waals surface area contributed by atoms with Crippen LogP contribution in [-0.4, -0.2) is 20.0 Å². The van der Waals surface area contributed by atoms with E-state index >= 15 is 0 Å². The van der Waals surface area contributed by atoms with Crippen LogP contribution in [0, 0.1) is 11.8 Å². The van der Waals surface area contributed by atoms with E-state index in [1.54, 1.807) is 19.3 Å². The van der Waals surface area contributed by atoms with Crippen LogP contribution in [0.5, 0.6) is 0 Å². The highest BCUT2D eigenvalue weighted by atomic mass is 32.2. The number of hydrogen-bond acceptors (Lipinski definition) is 2. The van der Waals surface area contributed by atoms with Gasteiger partial charge in [-0.2, -0.15) is 0 Å². The molecular formula is C15H24S2. The molecule has 0 aromatic rings. The Morgan fingerprint density at radius 1 is 0.941 bits per heavy atom. The third kappa shape index (κ3) is 1.81. The van der Waals surface area contributed by atoms with Gasteiger partial charge < -0.3 is 0 Å². The summed E-state index contributed by atoms with van der Waals surface area (Å²) in [5.41, 5.74) is 0. The summed E-state index contributed by atoms with van der Waals surface area (Å²) in [6.45, 7) is 5.07. The standard InChI is InChI=1S/C15H24S2/c1-14-8-4-6-11(13(14)17-14)10-5-3-7-12-15(2,9-10)16-12/h10-13H,3-9H2,1-2H3. The lowest BCUT2D eigenvalue weighted by Gasteiger charge is -2.32. The van der Waals surface area contributed by atoms with E-state index < -0.39 is 0 Å². The SMILES string of the molecule is CC12CC(C3CCCC4(C)SC34)CCCC1S2. The molecule has 2 saturated carbocycles. The van der Waals surface area contributed by atoms with Gasteiger partial charge in [-0.15, -0.1) is 23.5 Å². The van der Waals surface area contributed by atoms with E-state index in [0.29, 0.717) is 9.49 Å². The first kappa shape index (κ1) is 11.5. The fraction of sp³-hybridized carbons (Fsp3) is 1.00. The zero-order valence-corrected chi connectivity index (χ0v) is 12.7. The molecule has 0 spiro atoms. The Labute approximate surface area is 114 Å². The van der Waals surface area contributed by atoms with Crippen molar-refractivity contribution in [2.24, 2.45) is 11.8 Å². The first-order chi connectivity index (χ1) is 8.11. The van der Waals surface area contributed by atoms with Crippen molar-refractivity contribution < 1.29 is 0 Å². The molecule has 0 bridgehead atoms. The molecule has 17 heavy (non-hydrogen) atoms. The summed E-state index contributed by atoms with van der Waals surface area (Å²) in [5, 5.41) is 2.08. The van der Waals surface area contributed by atoms with Gasteiger partial charge in [0.1, 0.15) is 0 Å². The molecular weight excluding hydrogens is 244 g/mol. The molecule has 6 atom stereocenters. The third-order valence-electron chi connectivity index (χ3n) is 5.89. The summed E-state index contributed by atoms with van der Waals surface area (Å²) in [6, 6.07) is 0. The molecule has 4 rings (SSSR count). The smallest absolute Gasteiger partial charge is 0.0256 e. The van der Waals surface area contributed by atoms with Gasteiger partial charge in [0.15, 0.2) is 0 Å². The van der Waals surface area contributed by atoms with Crippen LogP contribution in [0.1, 0.15) is 58.8 Å². The summed E-state index contributed by atoms with van der Waals surface area (Å²) in [7, 11) is 0. The van der Waals surface area contributed by atoms with Crippen molar-refractivity contribution in [3.05, 3.63) is 0 Å².